The second-order valence-corrected chi connectivity index (χ2v) is 6.71. The van der Waals surface area contributed by atoms with Crippen LogP contribution in [0.1, 0.15) is 21.5 Å². The average molecular weight is 361 g/mol. The molecule has 0 atom stereocenters. The van der Waals surface area contributed by atoms with Gasteiger partial charge in [0.1, 0.15) is 0 Å². The van der Waals surface area contributed by atoms with Crippen LogP contribution < -0.4 is 5.32 Å². The van der Waals surface area contributed by atoms with Crippen LogP contribution in [0.3, 0.4) is 0 Å². The number of halogens is 1. The number of amides is 1. The van der Waals surface area contributed by atoms with E-state index in [2.05, 4.69) is 26.2 Å². The maximum atomic E-state index is 12.4. The van der Waals surface area contributed by atoms with Crippen molar-refractivity contribution in [1.29, 1.82) is 0 Å². The third kappa shape index (κ3) is 2.84. The highest BCUT2D eigenvalue weighted by atomic mass is 79.9. The molecule has 0 fully saturated rings. The molecule has 1 heterocycles. The first-order valence-corrected chi connectivity index (χ1v) is 8.13. The summed E-state index contributed by atoms with van der Waals surface area (Å²) in [5.41, 5.74) is 6.30. The smallest absolute Gasteiger partial charge is 0.255 e. The monoisotopic (exact) mass is 360 g/mol. The van der Waals surface area contributed by atoms with Crippen LogP contribution in [-0.2, 0) is 0 Å². The minimum absolute atomic E-state index is 0.0983. The van der Waals surface area contributed by atoms with Crippen LogP contribution in [0.2, 0.25) is 0 Å². The largest absolute Gasteiger partial charge is 0.322 e. The first kappa shape index (κ1) is 14.2. The van der Waals surface area contributed by atoms with Crippen LogP contribution in [0.5, 0.6) is 0 Å². The van der Waals surface area contributed by atoms with Gasteiger partial charge in [-0.25, -0.2) is 4.98 Å². The van der Waals surface area contributed by atoms with Gasteiger partial charge in [-0.1, -0.05) is 15.9 Å². The fourth-order valence-corrected chi connectivity index (χ4v) is 3.69. The molecule has 5 heteroatoms. The molecule has 0 saturated heterocycles. The number of aromatic nitrogens is 1. The number of hydrogen-bond donors (Lipinski definition) is 1. The zero-order valence-corrected chi connectivity index (χ0v) is 14.0. The number of aryl methyl sites for hydroxylation is 2. The molecule has 3 rings (SSSR count). The molecule has 106 valence electrons. The van der Waals surface area contributed by atoms with Crippen LogP contribution >= 0.6 is 27.3 Å². The van der Waals surface area contributed by atoms with Crippen LogP contribution in [-0.4, -0.2) is 10.9 Å². The second-order valence-electron chi connectivity index (χ2n) is 4.90. The Balaban J connectivity index is 1.92. The van der Waals surface area contributed by atoms with Gasteiger partial charge in [0.25, 0.3) is 5.91 Å². The molecule has 0 aliphatic rings. The summed E-state index contributed by atoms with van der Waals surface area (Å²) >= 11 is 5.00. The van der Waals surface area contributed by atoms with Gasteiger partial charge in [0.05, 0.1) is 15.7 Å². The molecule has 0 aliphatic heterocycles. The molecule has 2 aromatic carbocycles. The van der Waals surface area contributed by atoms with Crippen molar-refractivity contribution in [3.63, 3.8) is 0 Å². The Labute approximate surface area is 135 Å². The van der Waals surface area contributed by atoms with Crippen molar-refractivity contribution >= 4 is 49.1 Å². The molecule has 3 aromatic rings. The first-order chi connectivity index (χ1) is 10.0. The van der Waals surface area contributed by atoms with E-state index in [-0.39, 0.29) is 5.91 Å². The van der Waals surface area contributed by atoms with E-state index in [0.717, 1.165) is 31.5 Å². The van der Waals surface area contributed by atoms with Crippen LogP contribution in [0.4, 0.5) is 5.69 Å². The average Bonchev–Trinajstić information content (AvgIpc) is 2.89. The van der Waals surface area contributed by atoms with Crippen molar-refractivity contribution in [3.05, 3.63) is 57.0 Å². The summed E-state index contributed by atoms with van der Waals surface area (Å²) in [6.07, 6.45) is 0. The van der Waals surface area contributed by atoms with Gasteiger partial charge >= 0.3 is 0 Å². The van der Waals surface area contributed by atoms with Crippen molar-refractivity contribution in [3.8, 4) is 0 Å². The maximum Gasteiger partial charge on any atom is 0.255 e. The van der Waals surface area contributed by atoms with E-state index in [1.54, 1.807) is 11.6 Å². The number of anilines is 1. The maximum absolute atomic E-state index is 12.4. The summed E-state index contributed by atoms with van der Waals surface area (Å²) in [7, 11) is 0. The summed E-state index contributed by atoms with van der Waals surface area (Å²) in [6.45, 7) is 3.97. The van der Waals surface area contributed by atoms with E-state index < -0.39 is 0 Å². The molecular formula is C16H13BrN2OS. The lowest BCUT2D eigenvalue weighted by molar-refractivity contribution is 0.102. The Morgan fingerprint density at radius 1 is 1.19 bits per heavy atom. The number of carbonyl (C=O) groups is 1. The zero-order chi connectivity index (χ0) is 15.0. The third-order valence-electron chi connectivity index (χ3n) is 3.33. The molecule has 1 N–H and O–H groups in total. The number of fused-ring (bicyclic) bond motifs is 1. The molecule has 1 aromatic heterocycles. The highest BCUT2D eigenvalue weighted by Crippen LogP contribution is 2.26. The van der Waals surface area contributed by atoms with E-state index in [1.165, 1.54) is 11.3 Å². The highest BCUT2D eigenvalue weighted by molar-refractivity contribution is 9.10. The lowest BCUT2D eigenvalue weighted by Crippen LogP contribution is -2.13. The van der Waals surface area contributed by atoms with Crippen molar-refractivity contribution in [2.45, 2.75) is 13.8 Å². The molecular weight excluding hydrogens is 348 g/mol. The number of hydrogen-bond acceptors (Lipinski definition) is 3. The van der Waals surface area contributed by atoms with E-state index in [1.807, 2.05) is 38.1 Å². The van der Waals surface area contributed by atoms with E-state index in [9.17, 15) is 4.79 Å². The van der Waals surface area contributed by atoms with Gasteiger partial charge in [-0.3, -0.25) is 4.79 Å². The zero-order valence-electron chi connectivity index (χ0n) is 11.6. The van der Waals surface area contributed by atoms with E-state index >= 15 is 0 Å². The van der Waals surface area contributed by atoms with Crippen molar-refractivity contribution in [2.24, 2.45) is 0 Å². The van der Waals surface area contributed by atoms with Crippen LogP contribution in [0.25, 0.3) is 10.2 Å². The number of benzene rings is 2. The summed E-state index contributed by atoms with van der Waals surface area (Å²) in [6, 6.07) is 9.55. The van der Waals surface area contributed by atoms with E-state index in [4.69, 9.17) is 0 Å². The van der Waals surface area contributed by atoms with Gasteiger partial charge in [-0.15, -0.1) is 11.3 Å². The fourth-order valence-electron chi connectivity index (χ4n) is 2.29. The Kier molecular flexibility index (Phi) is 3.78. The molecule has 21 heavy (non-hydrogen) atoms. The Hall–Kier alpha value is -1.72. The number of nitrogens with one attached hydrogen (secondary N) is 1. The number of carbonyl (C=O) groups excluding carboxylic acids is 1. The van der Waals surface area contributed by atoms with Gasteiger partial charge in [0.2, 0.25) is 0 Å². The van der Waals surface area contributed by atoms with Crippen LogP contribution in [0.15, 0.2) is 40.3 Å². The summed E-state index contributed by atoms with van der Waals surface area (Å²) in [5, 5.41) is 3.00. The van der Waals surface area contributed by atoms with Crippen molar-refractivity contribution in [1.82, 2.24) is 4.98 Å². The van der Waals surface area contributed by atoms with Gasteiger partial charge in [0.15, 0.2) is 0 Å². The number of thiazole rings is 1. The lowest BCUT2D eigenvalue weighted by atomic mass is 10.1. The molecule has 0 radical (unpaired) electrons. The molecule has 0 spiro atoms. The molecule has 3 nitrogen and oxygen atoms in total. The molecule has 0 bridgehead atoms. The quantitative estimate of drug-likeness (QED) is 0.703. The van der Waals surface area contributed by atoms with Gasteiger partial charge in [-0.05, 0) is 55.3 Å². The molecule has 0 aliphatic carbocycles. The standard InChI is InChI=1S/C16H13BrN2OS/c1-9-5-12(17)6-10(2)15(9)19-16(20)11-3-4-13-14(7-11)21-8-18-13/h3-8H,1-2H3,(H,19,20). The topological polar surface area (TPSA) is 42.0 Å². The minimum Gasteiger partial charge on any atom is -0.322 e. The highest BCUT2D eigenvalue weighted by Gasteiger charge is 2.11. The summed E-state index contributed by atoms with van der Waals surface area (Å²) in [4.78, 5) is 16.7. The summed E-state index contributed by atoms with van der Waals surface area (Å²) < 4.78 is 2.04. The molecule has 0 saturated carbocycles. The Morgan fingerprint density at radius 2 is 1.90 bits per heavy atom. The van der Waals surface area contributed by atoms with Gasteiger partial charge < -0.3 is 5.32 Å². The predicted molar refractivity (Wildman–Crippen MR) is 91.2 cm³/mol. The lowest BCUT2D eigenvalue weighted by Gasteiger charge is -2.12. The Morgan fingerprint density at radius 3 is 2.62 bits per heavy atom. The summed E-state index contributed by atoms with van der Waals surface area (Å²) in [5.74, 6) is -0.0983. The second kappa shape index (κ2) is 5.58. The predicted octanol–water partition coefficient (Wildman–Crippen LogP) is 4.93. The van der Waals surface area contributed by atoms with Crippen LogP contribution in [0, 0.1) is 13.8 Å². The molecule has 0 unspecified atom stereocenters. The minimum atomic E-state index is -0.0983. The number of nitrogens with zero attached hydrogens (tertiary/aromatic N) is 1. The van der Waals surface area contributed by atoms with Crippen molar-refractivity contribution < 1.29 is 4.79 Å². The van der Waals surface area contributed by atoms with Gasteiger partial charge in [-0.2, -0.15) is 0 Å². The SMILES string of the molecule is Cc1cc(Br)cc(C)c1NC(=O)c1ccc2ncsc2c1. The Bertz CT molecular complexity index is 818. The van der Waals surface area contributed by atoms with Crippen molar-refractivity contribution in [2.75, 3.05) is 5.32 Å². The normalized spacial score (nSPS) is 10.8. The molecule has 1 amide bonds. The fraction of sp³-hybridized carbons (Fsp3) is 0.125. The van der Waals surface area contributed by atoms with Gasteiger partial charge in [0, 0.05) is 15.7 Å². The first-order valence-electron chi connectivity index (χ1n) is 6.46. The third-order valence-corrected chi connectivity index (χ3v) is 4.58. The number of rotatable bonds is 2. The van der Waals surface area contributed by atoms with E-state index in [0.29, 0.717) is 5.56 Å².